The van der Waals surface area contributed by atoms with Gasteiger partial charge in [-0.2, -0.15) is 0 Å². The molecule has 0 saturated carbocycles. The van der Waals surface area contributed by atoms with Crippen molar-refractivity contribution in [3.05, 3.63) is 12.2 Å². The van der Waals surface area contributed by atoms with Gasteiger partial charge in [-0.1, -0.05) is 309 Å². The van der Waals surface area contributed by atoms with Crippen LogP contribution < -0.4 is 10.6 Å². The number of carboxylic acid groups (broad SMARTS) is 1. The Morgan fingerprint density at radius 2 is 0.912 bits per heavy atom. The van der Waals surface area contributed by atoms with Gasteiger partial charge >= 0.3 is 5.97 Å². The fourth-order valence-corrected chi connectivity index (χ4v) is 14.5. The summed E-state index contributed by atoms with van der Waals surface area (Å²) in [5, 5.41) is 136. The number of amides is 2. The molecular formula is C79H148N2O21. The third-order valence-electron chi connectivity index (χ3n) is 21.0. The van der Waals surface area contributed by atoms with Crippen molar-refractivity contribution in [2.75, 3.05) is 26.4 Å². The van der Waals surface area contributed by atoms with Crippen molar-refractivity contribution in [2.24, 2.45) is 0 Å². The number of ether oxygens (including phenoxy) is 6. The summed E-state index contributed by atoms with van der Waals surface area (Å²) in [7, 11) is 0. The summed E-state index contributed by atoms with van der Waals surface area (Å²) < 4.78 is 34.9. The smallest absolute Gasteiger partial charge is 0.364 e. The van der Waals surface area contributed by atoms with E-state index in [1.54, 1.807) is 6.08 Å². The third-order valence-corrected chi connectivity index (χ3v) is 21.0. The molecule has 600 valence electrons. The van der Waals surface area contributed by atoms with Crippen molar-refractivity contribution in [2.45, 2.75) is 445 Å². The van der Waals surface area contributed by atoms with Crippen LogP contribution in [0.25, 0.3) is 0 Å². The van der Waals surface area contributed by atoms with Crippen LogP contribution in [0.4, 0.5) is 0 Å². The molecule has 0 aromatic rings. The van der Waals surface area contributed by atoms with E-state index in [9.17, 15) is 75.7 Å². The van der Waals surface area contributed by atoms with Gasteiger partial charge in [-0.25, -0.2) is 4.79 Å². The number of nitrogens with one attached hydrogen (secondary N) is 2. The Labute approximate surface area is 613 Å². The molecule has 18 unspecified atom stereocenters. The molecule has 0 aromatic heterocycles. The summed E-state index contributed by atoms with van der Waals surface area (Å²) in [6.07, 6.45) is 34.2. The highest BCUT2D eigenvalue weighted by molar-refractivity contribution is 5.77. The maximum atomic E-state index is 13.5. The van der Waals surface area contributed by atoms with Gasteiger partial charge < -0.3 is 100 Å². The van der Waals surface area contributed by atoms with Gasteiger partial charge in [0.2, 0.25) is 11.8 Å². The van der Waals surface area contributed by atoms with Crippen LogP contribution >= 0.6 is 0 Å². The first-order valence-electron chi connectivity index (χ1n) is 41.1. The first-order chi connectivity index (χ1) is 49.4. The molecular weight excluding hydrogens is 1310 g/mol. The topological polar surface area (TPSA) is 373 Å². The van der Waals surface area contributed by atoms with Crippen molar-refractivity contribution in [3.8, 4) is 0 Å². The summed E-state index contributed by atoms with van der Waals surface area (Å²) in [5.74, 6) is -6.13. The minimum Gasteiger partial charge on any atom is -0.477 e. The molecule has 0 bridgehead atoms. The molecule has 2 amide bonds. The summed E-state index contributed by atoms with van der Waals surface area (Å²) in [4.78, 5) is 38.7. The van der Waals surface area contributed by atoms with Gasteiger partial charge in [-0.05, 0) is 19.3 Å². The zero-order valence-electron chi connectivity index (χ0n) is 63.5. The Bertz CT molecular complexity index is 2080. The second-order valence-electron chi connectivity index (χ2n) is 30.0. The lowest BCUT2D eigenvalue weighted by Crippen LogP contribution is -2.70. The molecule has 23 heteroatoms. The number of allylic oxidation sites excluding steroid dienone is 1. The van der Waals surface area contributed by atoms with E-state index in [0.717, 1.165) is 51.9 Å². The Balaban J connectivity index is 1.45. The third kappa shape index (κ3) is 38.5. The van der Waals surface area contributed by atoms with Crippen LogP contribution in [0.1, 0.15) is 335 Å². The highest BCUT2D eigenvalue weighted by Crippen LogP contribution is 2.39. The molecule has 3 heterocycles. The maximum absolute atomic E-state index is 13.5. The molecule has 3 aliphatic rings. The molecule has 3 aliphatic heterocycles. The number of carboxylic acids is 1. The predicted molar refractivity (Wildman–Crippen MR) is 394 cm³/mol. The van der Waals surface area contributed by atoms with Crippen molar-refractivity contribution >= 4 is 17.8 Å². The molecule has 3 fully saturated rings. The normalized spacial score (nSPS) is 26.7. The lowest BCUT2D eigenvalue weighted by atomic mass is 9.88. The van der Waals surface area contributed by atoms with Gasteiger partial charge in [0, 0.05) is 19.8 Å². The van der Waals surface area contributed by atoms with Crippen LogP contribution in [-0.4, -0.2) is 215 Å². The number of aliphatic hydroxyl groups excluding tert-OH is 11. The average Bonchev–Trinajstić information content (AvgIpc) is 0.755. The first-order valence-corrected chi connectivity index (χ1v) is 41.1. The van der Waals surface area contributed by atoms with Crippen molar-refractivity contribution < 1.29 is 104 Å². The van der Waals surface area contributed by atoms with Crippen LogP contribution in [-0.2, 0) is 42.8 Å². The standard InChI is InChI=1S/C79H148N2O21/c1-4-6-8-10-12-14-16-18-20-21-22-23-24-25-26-27-28-29-30-31-32-33-34-35-36-37-39-41-43-45-47-49-51-53-66(89)81-60(61(86)52-50-48-46-44-42-40-38-19-17-15-13-11-9-7-5-2)58-97-76-71(93)70(92)73(65(57-84)99-76)100-77-72(94)75(69(91)64(56-83)98-77)102-79(78(95)96)54-62(87)67(80-59(3)85)74(101-79)68(90)63(88)55-82/h50,52,60-65,67-77,82-84,86-88,90-94H,4-49,51,53-58H2,1-3H3,(H,80,85)(H,81,89)(H,95,96)/b52-50+. The Morgan fingerprint density at radius 3 is 1.30 bits per heavy atom. The zero-order chi connectivity index (χ0) is 74.6. The minimum absolute atomic E-state index is 0.206. The second-order valence-corrected chi connectivity index (χ2v) is 30.0. The Hall–Kier alpha value is -2.53. The fourth-order valence-electron chi connectivity index (χ4n) is 14.5. The molecule has 0 aliphatic carbocycles. The average molecular weight is 1460 g/mol. The van der Waals surface area contributed by atoms with E-state index >= 15 is 0 Å². The van der Waals surface area contributed by atoms with Crippen molar-refractivity contribution in [1.82, 2.24) is 10.6 Å². The number of carbonyl (C=O) groups excluding carboxylic acids is 2. The van der Waals surface area contributed by atoms with Gasteiger partial charge in [-0.15, -0.1) is 0 Å². The molecule has 23 nitrogen and oxygen atoms in total. The number of carbonyl (C=O) groups is 3. The van der Waals surface area contributed by atoms with Crippen molar-refractivity contribution in [3.63, 3.8) is 0 Å². The van der Waals surface area contributed by atoms with Gasteiger partial charge in [0.25, 0.3) is 5.79 Å². The van der Waals surface area contributed by atoms with E-state index in [2.05, 4.69) is 24.5 Å². The molecule has 0 aromatic carbocycles. The molecule has 3 rings (SSSR count). The van der Waals surface area contributed by atoms with E-state index in [1.807, 2.05) is 6.08 Å². The van der Waals surface area contributed by atoms with Crippen molar-refractivity contribution in [1.29, 1.82) is 0 Å². The number of hydrogen-bond acceptors (Lipinski definition) is 20. The quantitative estimate of drug-likeness (QED) is 0.0199. The second kappa shape index (κ2) is 58.5. The van der Waals surface area contributed by atoms with Crippen LogP contribution in [0.2, 0.25) is 0 Å². The fraction of sp³-hybridized carbons (Fsp3) is 0.937. The van der Waals surface area contributed by atoms with Crippen LogP contribution in [0.5, 0.6) is 0 Å². The Morgan fingerprint density at radius 1 is 0.510 bits per heavy atom. The summed E-state index contributed by atoms with van der Waals surface area (Å²) >= 11 is 0. The van der Waals surface area contributed by atoms with E-state index < -0.39 is 155 Å². The molecule has 0 radical (unpaired) electrons. The Kier molecular flexibility index (Phi) is 53.7. The molecule has 3 saturated heterocycles. The lowest BCUT2D eigenvalue weighted by molar-refractivity contribution is -0.386. The molecule has 102 heavy (non-hydrogen) atoms. The molecule has 18 atom stereocenters. The lowest BCUT2D eigenvalue weighted by Gasteiger charge is -2.50. The maximum Gasteiger partial charge on any atom is 0.364 e. The molecule has 14 N–H and O–H groups in total. The monoisotopic (exact) mass is 1460 g/mol. The largest absolute Gasteiger partial charge is 0.477 e. The predicted octanol–water partition coefficient (Wildman–Crippen LogP) is 11.0. The van der Waals surface area contributed by atoms with E-state index in [1.165, 1.54) is 244 Å². The van der Waals surface area contributed by atoms with E-state index in [4.69, 9.17) is 28.4 Å². The van der Waals surface area contributed by atoms with Gasteiger partial charge in [0.05, 0.1) is 50.7 Å². The molecule has 0 spiro atoms. The van der Waals surface area contributed by atoms with Crippen LogP contribution in [0.3, 0.4) is 0 Å². The zero-order valence-corrected chi connectivity index (χ0v) is 63.5. The van der Waals surface area contributed by atoms with E-state index in [-0.39, 0.29) is 12.3 Å². The van der Waals surface area contributed by atoms with Gasteiger partial charge in [0.1, 0.15) is 67.1 Å². The summed E-state index contributed by atoms with van der Waals surface area (Å²) in [6.45, 7) is 2.18. The summed E-state index contributed by atoms with van der Waals surface area (Å²) in [6, 6.07) is -2.61. The SMILES string of the molecule is CCCCCCCCCCCCCCC/C=C/C(O)C(COC1OC(CO)C(OC2OC(CO)C(O)C(OC3(C(=O)O)CC(O)C(NC(C)=O)C(C(O)C(O)CO)O3)C2O)C(O)C1O)NC(=O)CCCCCCCCCCCCCCCCCCCCCCCCCCCCCCCCCCC. The highest BCUT2D eigenvalue weighted by atomic mass is 16.8. The van der Waals surface area contributed by atoms with Gasteiger partial charge in [0.15, 0.2) is 12.6 Å². The number of unbranched alkanes of at least 4 members (excludes halogenated alkanes) is 45. The number of hydrogen-bond donors (Lipinski definition) is 14. The summed E-state index contributed by atoms with van der Waals surface area (Å²) in [5.41, 5.74) is 0. The first kappa shape index (κ1) is 93.7. The van der Waals surface area contributed by atoms with Crippen LogP contribution in [0, 0.1) is 0 Å². The van der Waals surface area contributed by atoms with Crippen LogP contribution in [0.15, 0.2) is 12.2 Å². The minimum atomic E-state index is -3.08. The van der Waals surface area contributed by atoms with Gasteiger partial charge in [-0.3, -0.25) is 9.59 Å². The number of aliphatic carboxylic acids is 1. The van der Waals surface area contributed by atoms with E-state index in [0.29, 0.717) is 12.8 Å². The number of rotatable bonds is 65. The highest BCUT2D eigenvalue weighted by Gasteiger charge is 2.60. The number of aliphatic hydroxyl groups is 11.